The Kier molecular flexibility index (Phi) is 7.38. The number of hydrogen-bond acceptors (Lipinski definition) is 5. The number of para-hydroxylation sites is 1. The van der Waals surface area contributed by atoms with Gasteiger partial charge in [0.15, 0.2) is 11.5 Å². The Morgan fingerprint density at radius 3 is 2.35 bits per heavy atom. The fraction of sp³-hybridized carbons (Fsp3) is 0.0625. The second-order valence-corrected chi connectivity index (χ2v) is 8.86. The lowest BCUT2D eigenvalue weighted by atomic mass is 10.0. The molecular weight excluding hydrogens is 500 g/mol. The highest BCUT2D eigenvalue weighted by Gasteiger charge is 2.15. The topological polar surface area (TPSA) is 121 Å². The number of nitrogens with two attached hydrogens (primary N) is 2. The molecule has 0 spiro atoms. The van der Waals surface area contributed by atoms with Crippen LogP contribution in [0.4, 0.5) is 5.82 Å². The smallest absolute Gasteiger partial charge is 0.264 e. The van der Waals surface area contributed by atoms with E-state index < -0.39 is 5.91 Å². The third-order valence-corrected chi connectivity index (χ3v) is 6.28. The zero-order valence-electron chi connectivity index (χ0n) is 21.8. The molecule has 0 aliphatic heterocycles. The van der Waals surface area contributed by atoms with E-state index in [0.29, 0.717) is 11.0 Å². The lowest BCUT2D eigenvalue weighted by Gasteiger charge is -2.14. The summed E-state index contributed by atoms with van der Waals surface area (Å²) in [5, 5.41) is 5.47. The summed E-state index contributed by atoms with van der Waals surface area (Å²) in [6, 6.07) is 29.3. The van der Waals surface area contributed by atoms with Gasteiger partial charge in [-0.2, -0.15) is 0 Å². The molecule has 0 saturated carbocycles. The lowest BCUT2D eigenvalue weighted by Crippen LogP contribution is -2.22. The maximum absolute atomic E-state index is 13.4. The lowest BCUT2D eigenvalue weighted by molar-refractivity contribution is 0.100. The Hall–Kier alpha value is -5.68. The summed E-state index contributed by atoms with van der Waals surface area (Å²) < 4.78 is 3.21. The highest BCUT2D eigenvalue weighted by Crippen LogP contribution is 2.20. The summed E-state index contributed by atoms with van der Waals surface area (Å²) in [7, 11) is 0. The Morgan fingerprint density at radius 1 is 0.925 bits per heavy atom. The highest BCUT2D eigenvalue weighted by atomic mass is 16.1. The van der Waals surface area contributed by atoms with Gasteiger partial charge in [0.25, 0.3) is 11.5 Å². The zero-order chi connectivity index (χ0) is 28.1. The molecule has 0 unspecified atom stereocenters. The van der Waals surface area contributed by atoms with Gasteiger partial charge < -0.3 is 11.5 Å². The predicted molar refractivity (Wildman–Crippen MR) is 157 cm³/mol. The van der Waals surface area contributed by atoms with Crippen molar-refractivity contribution in [1.82, 2.24) is 19.2 Å². The second-order valence-electron chi connectivity index (χ2n) is 8.86. The number of carbonyl (C=O) groups is 1. The first-order valence-electron chi connectivity index (χ1n) is 12.7. The number of carbonyl (C=O) groups excluding carboxylic acids is 1. The molecule has 8 nitrogen and oxygen atoms in total. The summed E-state index contributed by atoms with van der Waals surface area (Å²) in [6.45, 7) is 2.07. The number of hydrogen-bond donors (Lipinski definition) is 2. The Morgan fingerprint density at radius 2 is 1.65 bits per heavy atom. The fourth-order valence-electron chi connectivity index (χ4n) is 4.44. The van der Waals surface area contributed by atoms with Crippen LogP contribution in [-0.2, 0) is 6.42 Å². The third kappa shape index (κ3) is 5.17. The van der Waals surface area contributed by atoms with E-state index in [-0.39, 0.29) is 16.9 Å². The molecule has 0 radical (unpaired) electrons. The monoisotopic (exact) mass is 526 g/mol. The number of aryl methyl sites for hydroxylation is 1. The minimum Gasteiger partial charge on any atom is -0.381 e. The van der Waals surface area contributed by atoms with E-state index in [1.807, 2.05) is 78.9 Å². The number of nitrogens with zero attached hydrogens (tertiary/aromatic N) is 4. The van der Waals surface area contributed by atoms with E-state index in [1.165, 1.54) is 4.52 Å². The molecule has 40 heavy (non-hydrogen) atoms. The van der Waals surface area contributed by atoms with Gasteiger partial charge in [0.1, 0.15) is 5.56 Å². The second kappa shape index (κ2) is 11.4. The van der Waals surface area contributed by atoms with Gasteiger partial charge in [-0.1, -0.05) is 67.3 Å². The molecular formula is C32H26N6O2. The first kappa shape index (κ1) is 25.9. The van der Waals surface area contributed by atoms with E-state index in [2.05, 4.69) is 34.9 Å². The standard InChI is InChI=1S/C25H19NO.C7H7N5O/c1-2-22-18-21-13-9-12-20(17-16-19-10-5-3-6-11-19)24(21)25(27)26(22)23-14-7-4-8-15-23;8-5-4(6(9)13)7-10-2-1-3-12(7)11-5/h3-15,18H,2H2,1H3;1-3H,(H2,8,11)(H2,9,13). The van der Waals surface area contributed by atoms with Crippen molar-refractivity contribution >= 4 is 28.1 Å². The molecule has 0 atom stereocenters. The molecule has 3 heterocycles. The number of rotatable bonds is 3. The van der Waals surface area contributed by atoms with Crippen molar-refractivity contribution in [2.45, 2.75) is 13.3 Å². The minimum atomic E-state index is -0.619. The van der Waals surface area contributed by atoms with E-state index in [9.17, 15) is 9.59 Å². The number of aromatic nitrogens is 4. The van der Waals surface area contributed by atoms with Crippen molar-refractivity contribution in [1.29, 1.82) is 0 Å². The van der Waals surface area contributed by atoms with Crippen LogP contribution in [0.1, 0.15) is 34.1 Å². The van der Waals surface area contributed by atoms with E-state index in [4.69, 9.17) is 11.5 Å². The molecule has 8 heteroatoms. The molecule has 1 amide bonds. The molecule has 3 aromatic heterocycles. The average Bonchev–Trinajstić information content (AvgIpc) is 3.33. The third-order valence-electron chi connectivity index (χ3n) is 6.28. The zero-order valence-corrected chi connectivity index (χ0v) is 21.8. The quantitative estimate of drug-likeness (QED) is 0.332. The van der Waals surface area contributed by atoms with Gasteiger partial charge in [0, 0.05) is 34.9 Å². The van der Waals surface area contributed by atoms with Gasteiger partial charge in [0.05, 0.1) is 5.39 Å². The summed E-state index contributed by atoms with van der Waals surface area (Å²) in [5.41, 5.74) is 14.7. The largest absolute Gasteiger partial charge is 0.381 e. The molecule has 4 N–H and O–H groups in total. The number of amides is 1. The Balaban J connectivity index is 0.000000207. The predicted octanol–water partition coefficient (Wildman–Crippen LogP) is 4.36. The van der Waals surface area contributed by atoms with Crippen LogP contribution in [0.5, 0.6) is 0 Å². The van der Waals surface area contributed by atoms with Crippen molar-refractivity contribution in [2.24, 2.45) is 5.73 Å². The molecule has 6 aromatic rings. The van der Waals surface area contributed by atoms with Crippen LogP contribution in [0.25, 0.3) is 22.1 Å². The maximum Gasteiger partial charge on any atom is 0.264 e. The summed E-state index contributed by atoms with van der Waals surface area (Å²) in [4.78, 5) is 28.3. The SMILES string of the molecule is CCc1cc2cccc(C#Cc3ccccc3)c2c(=O)n1-c1ccccc1.NC(=O)c1c(N)nn2cccnc12. The molecule has 196 valence electrons. The first-order chi connectivity index (χ1) is 19.5. The summed E-state index contributed by atoms with van der Waals surface area (Å²) >= 11 is 0. The van der Waals surface area contributed by atoms with Crippen LogP contribution in [0.2, 0.25) is 0 Å². The fourth-order valence-corrected chi connectivity index (χ4v) is 4.44. The van der Waals surface area contributed by atoms with Crippen LogP contribution in [-0.4, -0.2) is 25.1 Å². The van der Waals surface area contributed by atoms with Crippen molar-refractivity contribution < 1.29 is 4.79 Å². The van der Waals surface area contributed by atoms with Gasteiger partial charge in [-0.25, -0.2) is 9.50 Å². The van der Waals surface area contributed by atoms with Crippen LogP contribution < -0.4 is 17.0 Å². The molecule has 0 saturated heterocycles. The molecule has 6 rings (SSSR count). The Labute approximate surface area is 230 Å². The molecule has 0 aliphatic rings. The summed E-state index contributed by atoms with van der Waals surface area (Å²) in [5.74, 6) is 5.85. The van der Waals surface area contributed by atoms with Gasteiger partial charge >= 0.3 is 0 Å². The van der Waals surface area contributed by atoms with E-state index in [0.717, 1.165) is 34.3 Å². The number of primary amides is 1. The van der Waals surface area contributed by atoms with Gasteiger partial charge in [0.2, 0.25) is 0 Å². The van der Waals surface area contributed by atoms with E-state index in [1.54, 1.807) is 23.0 Å². The van der Waals surface area contributed by atoms with Crippen molar-refractivity contribution in [3.63, 3.8) is 0 Å². The number of pyridine rings is 1. The Bertz CT molecular complexity index is 1950. The number of benzene rings is 3. The van der Waals surface area contributed by atoms with Crippen LogP contribution in [0, 0.1) is 11.8 Å². The van der Waals surface area contributed by atoms with E-state index >= 15 is 0 Å². The minimum absolute atomic E-state index is 0.0199. The average molecular weight is 527 g/mol. The van der Waals surface area contributed by atoms with Gasteiger partial charge in [-0.3, -0.25) is 14.2 Å². The van der Waals surface area contributed by atoms with Gasteiger partial charge in [-0.15, -0.1) is 5.10 Å². The van der Waals surface area contributed by atoms with Gasteiger partial charge in [-0.05, 0) is 54.3 Å². The van der Waals surface area contributed by atoms with Crippen LogP contribution >= 0.6 is 0 Å². The normalized spacial score (nSPS) is 10.4. The van der Waals surface area contributed by atoms with Crippen LogP contribution in [0.3, 0.4) is 0 Å². The van der Waals surface area contributed by atoms with Crippen molar-refractivity contribution in [2.75, 3.05) is 5.73 Å². The molecule has 0 aliphatic carbocycles. The highest BCUT2D eigenvalue weighted by molar-refractivity contribution is 6.03. The summed E-state index contributed by atoms with van der Waals surface area (Å²) in [6.07, 6.45) is 3.97. The number of fused-ring (bicyclic) bond motifs is 2. The number of anilines is 1. The van der Waals surface area contributed by atoms with Crippen molar-refractivity contribution in [3.05, 3.63) is 136 Å². The first-order valence-corrected chi connectivity index (χ1v) is 12.7. The maximum atomic E-state index is 13.4. The molecule has 3 aromatic carbocycles. The van der Waals surface area contributed by atoms with Crippen LogP contribution in [0.15, 0.2) is 108 Å². The number of nitrogen functional groups attached to an aromatic ring is 1. The molecule has 0 bridgehead atoms. The van der Waals surface area contributed by atoms with Crippen molar-refractivity contribution in [3.8, 4) is 17.5 Å². The molecule has 0 fully saturated rings.